The van der Waals surface area contributed by atoms with Gasteiger partial charge in [0.1, 0.15) is 0 Å². The molecule has 2 aliphatic rings. The predicted octanol–water partition coefficient (Wildman–Crippen LogP) is 3.49. The molecule has 17 heavy (non-hydrogen) atoms. The molecule has 1 aliphatic carbocycles. The molecule has 0 aromatic carbocycles. The minimum absolute atomic E-state index is 0.257. The second-order valence-corrected chi connectivity index (χ2v) is 6.54. The molecule has 2 nitrogen and oxygen atoms in total. The van der Waals surface area contributed by atoms with Crippen molar-refractivity contribution < 1.29 is 4.74 Å². The zero-order valence-electron chi connectivity index (χ0n) is 11.6. The fraction of sp³-hybridized carbons (Fsp3) is 1.00. The largest absolute Gasteiger partial charge is 0.375 e. The van der Waals surface area contributed by atoms with E-state index in [-0.39, 0.29) is 5.60 Å². The van der Waals surface area contributed by atoms with E-state index in [9.17, 15) is 0 Å². The van der Waals surface area contributed by atoms with Crippen LogP contribution in [0.5, 0.6) is 0 Å². The Labute approximate surface area is 106 Å². The van der Waals surface area contributed by atoms with Gasteiger partial charge in [-0.05, 0) is 50.9 Å². The van der Waals surface area contributed by atoms with Crippen LogP contribution >= 0.6 is 0 Å². The summed E-state index contributed by atoms with van der Waals surface area (Å²) in [7, 11) is 0. The summed E-state index contributed by atoms with van der Waals surface area (Å²) >= 11 is 0. The molecule has 2 rings (SSSR count). The normalized spacial score (nSPS) is 32.3. The molecule has 1 heterocycles. The molecule has 1 spiro atoms. The molecule has 1 aliphatic heterocycles. The predicted molar refractivity (Wildman–Crippen MR) is 71.9 cm³/mol. The Bertz CT molecular complexity index is 228. The Morgan fingerprint density at radius 1 is 1.24 bits per heavy atom. The fourth-order valence-electron chi connectivity index (χ4n) is 3.87. The van der Waals surface area contributed by atoms with Crippen LogP contribution in [0.15, 0.2) is 0 Å². The highest BCUT2D eigenvalue weighted by Gasteiger charge is 2.39. The summed E-state index contributed by atoms with van der Waals surface area (Å²) in [5, 5.41) is 0. The highest BCUT2D eigenvalue weighted by Crippen LogP contribution is 2.43. The van der Waals surface area contributed by atoms with Gasteiger partial charge in [0, 0.05) is 12.6 Å². The van der Waals surface area contributed by atoms with E-state index in [4.69, 9.17) is 10.5 Å². The van der Waals surface area contributed by atoms with Crippen LogP contribution in [0, 0.1) is 11.8 Å². The van der Waals surface area contributed by atoms with Crippen molar-refractivity contribution in [1.82, 2.24) is 0 Å². The molecule has 2 fully saturated rings. The lowest BCUT2D eigenvalue weighted by molar-refractivity contribution is -0.124. The van der Waals surface area contributed by atoms with Crippen LogP contribution in [0.3, 0.4) is 0 Å². The summed E-state index contributed by atoms with van der Waals surface area (Å²) in [6.45, 7) is 5.50. The molecular weight excluding hydrogens is 210 g/mol. The first-order valence-electron chi connectivity index (χ1n) is 7.51. The van der Waals surface area contributed by atoms with Gasteiger partial charge < -0.3 is 10.5 Å². The van der Waals surface area contributed by atoms with E-state index in [2.05, 4.69) is 13.8 Å². The van der Waals surface area contributed by atoms with Gasteiger partial charge in [0.15, 0.2) is 0 Å². The smallest absolute Gasteiger partial charge is 0.0685 e. The summed E-state index contributed by atoms with van der Waals surface area (Å²) in [4.78, 5) is 0. The Hall–Kier alpha value is -0.0800. The number of ether oxygens (including phenoxy) is 1. The van der Waals surface area contributed by atoms with Crippen LogP contribution in [0.4, 0.5) is 0 Å². The van der Waals surface area contributed by atoms with E-state index in [1.165, 1.54) is 51.4 Å². The lowest BCUT2D eigenvalue weighted by atomic mass is 9.72. The maximum atomic E-state index is 6.16. The third-order valence-corrected chi connectivity index (χ3v) is 4.84. The standard InChI is InChI=1S/C15H29NO/c1-12(10-13(2)16)14-6-9-17-15(11-14)7-4-3-5-8-15/h12-14H,3-11,16H2,1-2H3. The number of hydrogen-bond donors (Lipinski definition) is 1. The van der Waals surface area contributed by atoms with E-state index in [0.717, 1.165) is 18.4 Å². The molecule has 0 aromatic heterocycles. The fourth-order valence-corrected chi connectivity index (χ4v) is 3.87. The first kappa shape index (κ1) is 13.4. The number of rotatable bonds is 3. The Morgan fingerprint density at radius 3 is 2.59 bits per heavy atom. The van der Waals surface area contributed by atoms with E-state index < -0.39 is 0 Å². The molecule has 2 N–H and O–H groups in total. The maximum absolute atomic E-state index is 6.16. The lowest BCUT2D eigenvalue weighted by Gasteiger charge is -2.45. The topological polar surface area (TPSA) is 35.2 Å². The molecule has 3 atom stereocenters. The number of nitrogens with two attached hydrogens (primary N) is 1. The molecule has 0 radical (unpaired) electrons. The summed E-state index contributed by atoms with van der Waals surface area (Å²) in [5.41, 5.74) is 6.20. The third-order valence-electron chi connectivity index (χ3n) is 4.84. The molecule has 100 valence electrons. The summed E-state index contributed by atoms with van der Waals surface area (Å²) in [6, 6.07) is 0.343. The lowest BCUT2D eigenvalue weighted by Crippen LogP contribution is -2.43. The van der Waals surface area contributed by atoms with Crippen LogP contribution in [0.2, 0.25) is 0 Å². The van der Waals surface area contributed by atoms with Crippen molar-refractivity contribution in [3.63, 3.8) is 0 Å². The average molecular weight is 239 g/mol. The van der Waals surface area contributed by atoms with Gasteiger partial charge in [-0.15, -0.1) is 0 Å². The average Bonchev–Trinajstić information content (AvgIpc) is 2.29. The minimum Gasteiger partial charge on any atom is -0.375 e. The molecule has 0 aromatic rings. The molecule has 0 bridgehead atoms. The summed E-state index contributed by atoms with van der Waals surface area (Å²) < 4.78 is 6.16. The molecule has 2 heteroatoms. The van der Waals surface area contributed by atoms with Crippen molar-refractivity contribution in [2.45, 2.75) is 76.9 Å². The van der Waals surface area contributed by atoms with Gasteiger partial charge in [0.2, 0.25) is 0 Å². The molecule has 1 saturated heterocycles. The van der Waals surface area contributed by atoms with Crippen molar-refractivity contribution in [3.8, 4) is 0 Å². The van der Waals surface area contributed by atoms with Crippen LogP contribution in [0.25, 0.3) is 0 Å². The van der Waals surface area contributed by atoms with E-state index in [1.54, 1.807) is 0 Å². The minimum atomic E-state index is 0.257. The van der Waals surface area contributed by atoms with Crippen molar-refractivity contribution >= 4 is 0 Å². The maximum Gasteiger partial charge on any atom is 0.0685 e. The van der Waals surface area contributed by atoms with E-state index >= 15 is 0 Å². The summed E-state index contributed by atoms with van der Waals surface area (Å²) in [5.74, 6) is 1.60. The van der Waals surface area contributed by atoms with Crippen LogP contribution in [0.1, 0.15) is 65.2 Å². The third kappa shape index (κ3) is 3.45. The van der Waals surface area contributed by atoms with Crippen molar-refractivity contribution in [1.29, 1.82) is 0 Å². The van der Waals surface area contributed by atoms with Crippen LogP contribution in [-0.4, -0.2) is 18.2 Å². The Kier molecular flexibility index (Phi) is 4.48. The second kappa shape index (κ2) is 5.71. The molecule has 1 saturated carbocycles. The highest BCUT2D eigenvalue weighted by molar-refractivity contribution is 4.91. The van der Waals surface area contributed by atoms with Crippen molar-refractivity contribution in [2.24, 2.45) is 17.6 Å². The monoisotopic (exact) mass is 239 g/mol. The molecular formula is C15H29NO. The van der Waals surface area contributed by atoms with Gasteiger partial charge in [-0.1, -0.05) is 26.2 Å². The van der Waals surface area contributed by atoms with Gasteiger partial charge >= 0.3 is 0 Å². The van der Waals surface area contributed by atoms with Gasteiger partial charge in [-0.2, -0.15) is 0 Å². The van der Waals surface area contributed by atoms with Crippen LogP contribution < -0.4 is 5.73 Å². The van der Waals surface area contributed by atoms with Crippen LogP contribution in [-0.2, 0) is 4.74 Å². The van der Waals surface area contributed by atoms with Gasteiger partial charge in [0.05, 0.1) is 5.60 Å². The first-order valence-corrected chi connectivity index (χ1v) is 7.51. The van der Waals surface area contributed by atoms with E-state index in [1.807, 2.05) is 0 Å². The molecule has 0 amide bonds. The first-order chi connectivity index (χ1) is 8.11. The quantitative estimate of drug-likeness (QED) is 0.818. The second-order valence-electron chi connectivity index (χ2n) is 6.54. The summed E-state index contributed by atoms with van der Waals surface area (Å²) in [6.07, 6.45) is 10.5. The zero-order chi connectivity index (χ0) is 12.3. The van der Waals surface area contributed by atoms with Gasteiger partial charge in [-0.25, -0.2) is 0 Å². The highest BCUT2D eigenvalue weighted by atomic mass is 16.5. The van der Waals surface area contributed by atoms with E-state index in [0.29, 0.717) is 6.04 Å². The Balaban J connectivity index is 1.91. The van der Waals surface area contributed by atoms with Crippen molar-refractivity contribution in [2.75, 3.05) is 6.61 Å². The number of hydrogen-bond acceptors (Lipinski definition) is 2. The van der Waals surface area contributed by atoms with Gasteiger partial charge in [0.25, 0.3) is 0 Å². The van der Waals surface area contributed by atoms with Gasteiger partial charge in [-0.3, -0.25) is 0 Å². The Morgan fingerprint density at radius 2 is 1.94 bits per heavy atom. The molecule has 3 unspecified atom stereocenters. The van der Waals surface area contributed by atoms with Crippen molar-refractivity contribution in [3.05, 3.63) is 0 Å². The zero-order valence-corrected chi connectivity index (χ0v) is 11.6. The SMILES string of the molecule is CC(N)CC(C)C1CCOC2(CCCCC2)C1.